The molecule has 1 amide bonds. The molecule has 0 bridgehead atoms. The van der Waals surface area contributed by atoms with Crippen LogP contribution >= 0.6 is 11.3 Å². The van der Waals surface area contributed by atoms with Crippen molar-refractivity contribution in [3.05, 3.63) is 52.0 Å². The molecule has 0 radical (unpaired) electrons. The van der Waals surface area contributed by atoms with E-state index in [0.29, 0.717) is 10.6 Å². The van der Waals surface area contributed by atoms with Crippen LogP contribution in [0.2, 0.25) is 0 Å². The lowest BCUT2D eigenvalue weighted by Crippen LogP contribution is -2.25. The van der Waals surface area contributed by atoms with Gasteiger partial charge in [-0.3, -0.25) is 4.79 Å². The average molecular weight is 288 g/mol. The smallest absolute Gasteiger partial charge is 0.268 e. The second-order valence-electron chi connectivity index (χ2n) is 4.01. The van der Waals surface area contributed by atoms with Crippen LogP contribution in [0, 0.1) is 17.7 Å². The van der Waals surface area contributed by atoms with Crippen LogP contribution in [-0.4, -0.2) is 19.5 Å². The van der Waals surface area contributed by atoms with Gasteiger partial charge in [0.25, 0.3) is 5.91 Å². The molecule has 2 aromatic rings. The summed E-state index contributed by atoms with van der Waals surface area (Å²) in [6, 6.07) is 9.40. The van der Waals surface area contributed by atoms with Gasteiger partial charge in [0.1, 0.15) is 5.82 Å². The molecule has 0 aliphatic carbocycles. The maximum Gasteiger partial charge on any atom is 0.268 e. The van der Waals surface area contributed by atoms with E-state index in [1.807, 2.05) is 0 Å². The first-order chi connectivity index (χ1) is 9.61. The molecule has 0 saturated carbocycles. The number of anilines is 1. The van der Waals surface area contributed by atoms with Crippen molar-refractivity contribution in [2.24, 2.45) is 5.73 Å². The first-order valence-corrected chi connectivity index (χ1v) is 6.76. The molecule has 20 heavy (non-hydrogen) atoms. The minimum absolute atomic E-state index is 0.193. The zero-order chi connectivity index (χ0) is 14.5. The number of hydrogen-bond donors (Lipinski definition) is 1. The lowest BCUT2D eigenvalue weighted by Gasteiger charge is -2.16. The summed E-state index contributed by atoms with van der Waals surface area (Å²) in [5, 5.41) is 0. The standard InChI is InChI=1S/C15H13FN2OS/c1-18(12-5-2-4-11(16)10-12)15(19)14-8-7-13(20-14)6-3-9-17/h2,4-5,7-8,10H,9,17H2,1H3. The van der Waals surface area contributed by atoms with Gasteiger partial charge in [0.05, 0.1) is 16.3 Å². The van der Waals surface area contributed by atoms with Crippen molar-refractivity contribution in [1.29, 1.82) is 0 Å². The molecule has 5 heteroatoms. The quantitative estimate of drug-likeness (QED) is 0.863. The number of hydrogen-bond acceptors (Lipinski definition) is 3. The molecule has 2 rings (SSSR count). The highest BCUT2D eigenvalue weighted by atomic mass is 32.1. The molecule has 102 valence electrons. The highest BCUT2D eigenvalue weighted by molar-refractivity contribution is 7.14. The van der Waals surface area contributed by atoms with Crippen LogP contribution in [0.25, 0.3) is 0 Å². The highest BCUT2D eigenvalue weighted by Crippen LogP contribution is 2.21. The maximum atomic E-state index is 13.2. The van der Waals surface area contributed by atoms with Gasteiger partial charge < -0.3 is 10.6 Å². The number of thiophene rings is 1. The zero-order valence-electron chi connectivity index (χ0n) is 10.9. The lowest BCUT2D eigenvalue weighted by molar-refractivity contribution is 0.0997. The minimum Gasteiger partial charge on any atom is -0.320 e. The van der Waals surface area contributed by atoms with E-state index in [0.717, 1.165) is 4.88 Å². The summed E-state index contributed by atoms with van der Waals surface area (Å²) in [6.45, 7) is 0.282. The van der Waals surface area contributed by atoms with Gasteiger partial charge in [-0.1, -0.05) is 17.9 Å². The fourth-order valence-corrected chi connectivity index (χ4v) is 2.48. The summed E-state index contributed by atoms with van der Waals surface area (Å²) in [4.78, 5) is 15.0. The van der Waals surface area contributed by atoms with Crippen LogP contribution in [0.5, 0.6) is 0 Å². The molecule has 2 N–H and O–H groups in total. The van der Waals surface area contributed by atoms with Crippen LogP contribution in [0.1, 0.15) is 14.5 Å². The summed E-state index contributed by atoms with van der Waals surface area (Å²) < 4.78 is 13.2. The van der Waals surface area contributed by atoms with E-state index in [-0.39, 0.29) is 18.3 Å². The molecular formula is C15H13FN2OS. The monoisotopic (exact) mass is 288 g/mol. The molecule has 0 fully saturated rings. The molecule has 0 aliphatic rings. The summed E-state index contributed by atoms with van der Waals surface area (Å²) in [5.74, 6) is 5.05. The SMILES string of the molecule is CN(C(=O)c1ccc(C#CCN)s1)c1cccc(F)c1. The Morgan fingerprint density at radius 3 is 2.90 bits per heavy atom. The third-order valence-electron chi connectivity index (χ3n) is 2.63. The lowest BCUT2D eigenvalue weighted by atomic mass is 10.2. The average Bonchev–Trinajstić information content (AvgIpc) is 2.92. The second-order valence-corrected chi connectivity index (χ2v) is 5.10. The third kappa shape index (κ3) is 3.23. The number of carbonyl (C=O) groups is 1. The molecule has 0 saturated heterocycles. The Kier molecular flexibility index (Phi) is 4.51. The summed E-state index contributed by atoms with van der Waals surface area (Å²) >= 11 is 1.29. The van der Waals surface area contributed by atoms with Crippen LogP contribution in [0.3, 0.4) is 0 Å². The molecule has 0 aliphatic heterocycles. The predicted octanol–water partition coefficient (Wildman–Crippen LogP) is 2.47. The Bertz CT molecular complexity index is 684. The van der Waals surface area contributed by atoms with Crippen molar-refractivity contribution >= 4 is 22.9 Å². The largest absolute Gasteiger partial charge is 0.320 e. The molecule has 0 atom stereocenters. The van der Waals surface area contributed by atoms with E-state index in [4.69, 9.17) is 5.73 Å². The van der Waals surface area contributed by atoms with Crippen molar-refractivity contribution in [2.75, 3.05) is 18.5 Å². The molecule has 1 aromatic carbocycles. The van der Waals surface area contributed by atoms with Crippen molar-refractivity contribution < 1.29 is 9.18 Å². The number of benzene rings is 1. The summed E-state index contributed by atoms with van der Waals surface area (Å²) in [7, 11) is 1.61. The van der Waals surface area contributed by atoms with Crippen molar-refractivity contribution in [3.8, 4) is 11.8 Å². The Hall–Kier alpha value is -2.16. The van der Waals surface area contributed by atoms with Gasteiger partial charge in [-0.2, -0.15) is 0 Å². The Morgan fingerprint density at radius 2 is 2.20 bits per heavy atom. The number of carbonyl (C=O) groups excluding carboxylic acids is 1. The molecule has 1 heterocycles. The predicted molar refractivity (Wildman–Crippen MR) is 79.4 cm³/mol. The molecular weight excluding hydrogens is 275 g/mol. The molecule has 0 spiro atoms. The van der Waals surface area contributed by atoms with Crippen molar-refractivity contribution in [3.63, 3.8) is 0 Å². The first-order valence-electron chi connectivity index (χ1n) is 5.94. The molecule has 1 aromatic heterocycles. The van der Waals surface area contributed by atoms with Gasteiger partial charge in [-0.05, 0) is 30.3 Å². The van der Waals surface area contributed by atoms with E-state index in [1.165, 1.54) is 28.4 Å². The number of rotatable bonds is 2. The summed E-state index contributed by atoms with van der Waals surface area (Å²) in [6.07, 6.45) is 0. The van der Waals surface area contributed by atoms with Crippen molar-refractivity contribution in [2.45, 2.75) is 0 Å². The van der Waals surface area contributed by atoms with E-state index >= 15 is 0 Å². The van der Waals surface area contributed by atoms with Gasteiger partial charge in [-0.15, -0.1) is 11.3 Å². The number of nitrogens with two attached hydrogens (primary N) is 1. The van der Waals surface area contributed by atoms with E-state index < -0.39 is 0 Å². The van der Waals surface area contributed by atoms with Crippen LogP contribution < -0.4 is 10.6 Å². The Balaban J connectivity index is 2.20. The maximum absolute atomic E-state index is 13.2. The topological polar surface area (TPSA) is 46.3 Å². The van der Waals surface area contributed by atoms with Crippen LogP contribution in [-0.2, 0) is 0 Å². The minimum atomic E-state index is -0.372. The molecule has 3 nitrogen and oxygen atoms in total. The van der Waals surface area contributed by atoms with Gasteiger partial charge in [0.15, 0.2) is 0 Å². The summed E-state index contributed by atoms with van der Waals surface area (Å²) in [5.41, 5.74) is 5.81. The van der Waals surface area contributed by atoms with Gasteiger partial charge in [0.2, 0.25) is 0 Å². The number of nitrogens with zero attached hydrogens (tertiary/aromatic N) is 1. The van der Waals surface area contributed by atoms with E-state index in [9.17, 15) is 9.18 Å². The number of amides is 1. The molecule has 0 unspecified atom stereocenters. The zero-order valence-corrected chi connectivity index (χ0v) is 11.7. The van der Waals surface area contributed by atoms with Crippen LogP contribution in [0.15, 0.2) is 36.4 Å². The second kappa shape index (κ2) is 6.33. The number of halogens is 1. The van der Waals surface area contributed by atoms with Crippen molar-refractivity contribution in [1.82, 2.24) is 0 Å². The van der Waals surface area contributed by atoms with Gasteiger partial charge >= 0.3 is 0 Å². The normalized spacial score (nSPS) is 9.75. The third-order valence-corrected chi connectivity index (χ3v) is 3.62. The van der Waals surface area contributed by atoms with E-state index in [2.05, 4.69) is 11.8 Å². The Morgan fingerprint density at radius 1 is 1.40 bits per heavy atom. The fourth-order valence-electron chi connectivity index (χ4n) is 1.63. The van der Waals surface area contributed by atoms with E-state index in [1.54, 1.807) is 31.3 Å². The van der Waals surface area contributed by atoms with Gasteiger partial charge in [-0.25, -0.2) is 4.39 Å². The van der Waals surface area contributed by atoms with Gasteiger partial charge in [0, 0.05) is 12.7 Å². The Labute approximate surface area is 120 Å². The highest BCUT2D eigenvalue weighted by Gasteiger charge is 2.15. The fraction of sp³-hybridized carbons (Fsp3) is 0.133. The van der Waals surface area contributed by atoms with Crippen LogP contribution in [0.4, 0.5) is 10.1 Å². The first kappa shape index (κ1) is 14.3.